The minimum atomic E-state index is -1.73. The van der Waals surface area contributed by atoms with Crippen LogP contribution in [0.1, 0.15) is 0 Å². The van der Waals surface area contributed by atoms with Crippen molar-refractivity contribution < 1.29 is 20.1 Å². The van der Waals surface area contributed by atoms with E-state index in [1.54, 1.807) is 24.3 Å². The highest BCUT2D eigenvalue weighted by Gasteiger charge is 2.23. The van der Waals surface area contributed by atoms with E-state index < -0.39 is 14.2 Å². The standard InChI is InChI=1S/C12H14B2N2O4/c15-7-1-3-9(11(5-7)13(17)18)10-4-2-8(16)6-12(10)14(19)20/h1-6,17-20H,15-16H2. The van der Waals surface area contributed by atoms with E-state index in [0.717, 1.165) is 0 Å². The van der Waals surface area contributed by atoms with Crippen molar-refractivity contribution in [2.75, 3.05) is 11.5 Å². The molecule has 20 heavy (non-hydrogen) atoms. The zero-order valence-corrected chi connectivity index (χ0v) is 10.6. The molecular formula is C12H14B2N2O4. The van der Waals surface area contributed by atoms with Gasteiger partial charge in [0.25, 0.3) is 0 Å². The van der Waals surface area contributed by atoms with E-state index in [-0.39, 0.29) is 10.9 Å². The molecule has 8 heteroatoms. The van der Waals surface area contributed by atoms with Gasteiger partial charge in [-0.3, -0.25) is 0 Å². The molecule has 0 spiro atoms. The van der Waals surface area contributed by atoms with Crippen molar-refractivity contribution in [3.8, 4) is 11.1 Å². The van der Waals surface area contributed by atoms with E-state index in [1.165, 1.54) is 12.1 Å². The third kappa shape index (κ3) is 2.78. The molecule has 0 unspecified atom stereocenters. The maximum absolute atomic E-state index is 9.42. The number of benzene rings is 2. The minimum Gasteiger partial charge on any atom is -0.423 e. The molecule has 0 amide bonds. The fraction of sp³-hybridized carbons (Fsp3) is 0. The molecule has 0 atom stereocenters. The highest BCUT2D eigenvalue weighted by atomic mass is 16.4. The number of hydrogen-bond donors (Lipinski definition) is 6. The van der Waals surface area contributed by atoms with Gasteiger partial charge in [0.1, 0.15) is 0 Å². The van der Waals surface area contributed by atoms with Crippen molar-refractivity contribution in [1.82, 2.24) is 0 Å². The second kappa shape index (κ2) is 5.56. The summed E-state index contributed by atoms with van der Waals surface area (Å²) in [7, 11) is -3.45. The molecule has 8 N–H and O–H groups in total. The fourth-order valence-corrected chi connectivity index (χ4v) is 2.08. The molecule has 0 aromatic heterocycles. The molecule has 0 saturated carbocycles. The zero-order chi connectivity index (χ0) is 14.9. The van der Waals surface area contributed by atoms with Crippen LogP contribution in [0.3, 0.4) is 0 Å². The van der Waals surface area contributed by atoms with Crippen LogP contribution >= 0.6 is 0 Å². The van der Waals surface area contributed by atoms with Crippen LogP contribution in [0.4, 0.5) is 11.4 Å². The predicted octanol–water partition coefficient (Wildman–Crippen LogP) is -2.12. The maximum atomic E-state index is 9.42. The number of nitrogen functional groups attached to an aromatic ring is 2. The Kier molecular flexibility index (Phi) is 4.01. The summed E-state index contributed by atoms with van der Waals surface area (Å²) in [5.41, 5.74) is 13.2. The molecule has 0 saturated heterocycles. The lowest BCUT2D eigenvalue weighted by molar-refractivity contribution is 0.424. The van der Waals surface area contributed by atoms with E-state index >= 15 is 0 Å². The van der Waals surface area contributed by atoms with Crippen molar-refractivity contribution in [2.45, 2.75) is 0 Å². The highest BCUT2D eigenvalue weighted by Crippen LogP contribution is 2.19. The molecule has 0 aliphatic carbocycles. The van der Waals surface area contributed by atoms with Gasteiger partial charge in [-0.1, -0.05) is 12.1 Å². The monoisotopic (exact) mass is 272 g/mol. The van der Waals surface area contributed by atoms with Gasteiger partial charge in [0.05, 0.1) is 0 Å². The van der Waals surface area contributed by atoms with Crippen molar-refractivity contribution in [3.05, 3.63) is 36.4 Å². The molecule has 0 aliphatic rings. The molecule has 2 rings (SSSR count). The summed E-state index contributed by atoms with van der Waals surface area (Å²) in [6.07, 6.45) is 0. The first kappa shape index (κ1) is 14.4. The Morgan fingerprint density at radius 2 is 1.00 bits per heavy atom. The smallest absolute Gasteiger partial charge is 0.423 e. The number of hydrogen-bond acceptors (Lipinski definition) is 6. The molecule has 0 heterocycles. The summed E-state index contributed by atoms with van der Waals surface area (Å²) in [6, 6.07) is 9.19. The Balaban J connectivity index is 2.68. The molecule has 0 bridgehead atoms. The highest BCUT2D eigenvalue weighted by molar-refractivity contribution is 6.63. The van der Waals surface area contributed by atoms with Crippen LogP contribution in [0.25, 0.3) is 11.1 Å². The summed E-state index contributed by atoms with van der Waals surface area (Å²) in [5, 5.41) is 37.7. The molecular weight excluding hydrogens is 258 g/mol. The molecule has 2 aromatic carbocycles. The fourth-order valence-electron chi connectivity index (χ4n) is 2.08. The third-order valence-electron chi connectivity index (χ3n) is 3.00. The largest absolute Gasteiger partial charge is 0.489 e. The molecule has 0 aliphatic heterocycles. The lowest BCUT2D eigenvalue weighted by Crippen LogP contribution is -2.36. The summed E-state index contributed by atoms with van der Waals surface area (Å²) in [6.45, 7) is 0. The Morgan fingerprint density at radius 1 is 0.650 bits per heavy atom. The lowest BCUT2D eigenvalue weighted by atomic mass is 9.70. The Morgan fingerprint density at radius 3 is 1.30 bits per heavy atom. The predicted molar refractivity (Wildman–Crippen MR) is 80.4 cm³/mol. The van der Waals surface area contributed by atoms with Gasteiger partial charge in [-0.15, -0.1) is 0 Å². The normalized spacial score (nSPS) is 10.4. The zero-order valence-electron chi connectivity index (χ0n) is 10.6. The Bertz CT molecular complexity index is 579. The Labute approximate surface area is 116 Å². The van der Waals surface area contributed by atoms with Crippen LogP contribution in [-0.2, 0) is 0 Å². The number of anilines is 2. The maximum Gasteiger partial charge on any atom is 0.489 e. The number of nitrogens with two attached hydrogens (primary N) is 2. The Hall–Kier alpha value is -1.99. The topological polar surface area (TPSA) is 133 Å². The van der Waals surface area contributed by atoms with Crippen LogP contribution in [0.15, 0.2) is 36.4 Å². The molecule has 102 valence electrons. The minimum absolute atomic E-state index is 0.177. The van der Waals surface area contributed by atoms with Crippen LogP contribution in [0.5, 0.6) is 0 Å². The van der Waals surface area contributed by atoms with Gasteiger partial charge in [-0.25, -0.2) is 0 Å². The molecule has 6 nitrogen and oxygen atoms in total. The van der Waals surface area contributed by atoms with E-state index in [4.69, 9.17) is 11.5 Å². The van der Waals surface area contributed by atoms with Crippen LogP contribution in [0, 0.1) is 0 Å². The first-order chi connectivity index (χ1) is 9.40. The average Bonchev–Trinajstić information content (AvgIpc) is 2.38. The summed E-state index contributed by atoms with van der Waals surface area (Å²) >= 11 is 0. The van der Waals surface area contributed by atoms with Gasteiger partial charge in [0.15, 0.2) is 0 Å². The quantitative estimate of drug-likeness (QED) is 0.279. The van der Waals surface area contributed by atoms with Crippen molar-refractivity contribution in [1.29, 1.82) is 0 Å². The molecule has 0 fully saturated rings. The second-order valence-corrected chi connectivity index (χ2v) is 4.44. The third-order valence-corrected chi connectivity index (χ3v) is 3.00. The van der Waals surface area contributed by atoms with Gasteiger partial charge in [-0.05, 0) is 46.3 Å². The van der Waals surface area contributed by atoms with Crippen LogP contribution in [-0.4, -0.2) is 34.3 Å². The van der Waals surface area contributed by atoms with Crippen molar-refractivity contribution in [2.24, 2.45) is 0 Å². The summed E-state index contributed by atoms with van der Waals surface area (Å²) in [5.74, 6) is 0. The van der Waals surface area contributed by atoms with Gasteiger partial charge in [0.2, 0.25) is 0 Å². The van der Waals surface area contributed by atoms with Gasteiger partial charge < -0.3 is 31.6 Å². The van der Waals surface area contributed by atoms with Crippen LogP contribution in [0.2, 0.25) is 0 Å². The summed E-state index contributed by atoms with van der Waals surface area (Å²) in [4.78, 5) is 0. The van der Waals surface area contributed by atoms with E-state index in [2.05, 4.69) is 0 Å². The summed E-state index contributed by atoms with van der Waals surface area (Å²) < 4.78 is 0. The van der Waals surface area contributed by atoms with Crippen LogP contribution < -0.4 is 22.4 Å². The first-order valence-electron chi connectivity index (χ1n) is 5.91. The first-order valence-corrected chi connectivity index (χ1v) is 5.91. The van der Waals surface area contributed by atoms with Gasteiger partial charge in [0, 0.05) is 11.4 Å². The number of rotatable bonds is 3. The molecule has 2 aromatic rings. The second-order valence-electron chi connectivity index (χ2n) is 4.44. The SMILES string of the molecule is Nc1ccc(-c2ccc(N)cc2B(O)O)c(B(O)O)c1. The van der Waals surface area contributed by atoms with Gasteiger partial charge in [-0.2, -0.15) is 0 Å². The van der Waals surface area contributed by atoms with E-state index in [0.29, 0.717) is 22.5 Å². The van der Waals surface area contributed by atoms with E-state index in [1.807, 2.05) is 0 Å². The van der Waals surface area contributed by atoms with Crippen molar-refractivity contribution in [3.63, 3.8) is 0 Å². The lowest BCUT2D eigenvalue weighted by Gasteiger charge is -2.14. The van der Waals surface area contributed by atoms with E-state index in [9.17, 15) is 20.1 Å². The molecule has 0 radical (unpaired) electrons. The van der Waals surface area contributed by atoms with Gasteiger partial charge >= 0.3 is 14.2 Å². The average molecular weight is 272 g/mol. The van der Waals surface area contributed by atoms with Crippen molar-refractivity contribution >= 4 is 36.5 Å².